The van der Waals surface area contributed by atoms with Crippen LogP contribution in [0.4, 0.5) is 0 Å². The highest BCUT2D eigenvalue weighted by Gasteiger charge is 2.39. The van der Waals surface area contributed by atoms with Crippen LogP contribution in [-0.2, 0) is 9.59 Å². The summed E-state index contributed by atoms with van der Waals surface area (Å²) < 4.78 is 0. The Morgan fingerprint density at radius 1 is 1.47 bits per heavy atom. The molecule has 2 aliphatic rings. The van der Waals surface area contributed by atoms with Gasteiger partial charge in [-0.25, -0.2) is 0 Å². The molecule has 2 aliphatic heterocycles. The molecule has 0 aromatic heterocycles. The first-order valence-electron chi connectivity index (χ1n) is 6.53. The van der Waals surface area contributed by atoms with Crippen LogP contribution in [0.5, 0.6) is 0 Å². The van der Waals surface area contributed by atoms with Crippen molar-refractivity contribution in [3.8, 4) is 0 Å². The van der Waals surface area contributed by atoms with E-state index in [0.29, 0.717) is 0 Å². The summed E-state index contributed by atoms with van der Waals surface area (Å²) >= 11 is 5.44. The summed E-state index contributed by atoms with van der Waals surface area (Å²) in [6, 6.07) is 0.170. The van der Waals surface area contributed by atoms with Gasteiger partial charge in [-0.05, 0) is 19.8 Å². The first-order chi connectivity index (χ1) is 8.65. The zero-order valence-corrected chi connectivity index (χ0v) is 12.7. The number of likely N-dealkylation sites (tertiary alicyclic amines) is 2. The van der Waals surface area contributed by atoms with E-state index in [1.807, 2.05) is 11.8 Å². The maximum absolute atomic E-state index is 12.2. The van der Waals surface area contributed by atoms with Gasteiger partial charge < -0.3 is 10.2 Å². The van der Waals surface area contributed by atoms with Gasteiger partial charge in [0.05, 0.1) is 12.1 Å². The Morgan fingerprint density at radius 2 is 2.16 bits per heavy atom. The SMILES string of the molecule is CCN1CCCC(N2CC(NC(=O)CCl)C2)C1=O.Cl. The van der Waals surface area contributed by atoms with Crippen LogP contribution < -0.4 is 5.32 Å². The van der Waals surface area contributed by atoms with E-state index >= 15 is 0 Å². The Balaban J connectivity index is 0.00000180. The minimum absolute atomic E-state index is 0. The van der Waals surface area contributed by atoms with E-state index in [4.69, 9.17) is 11.6 Å². The first-order valence-corrected chi connectivity index (χ1v) is 7.07. The maximum atomic E-state index is 12.2. The molecule has 1 unspecified atom stereocenters. The number of carbonyl (C=O) groups excluding carboxylic acids is 2. The smallest absolute Gasteiger partial charge is 0.239 e. The Hall–Kier alpha value is -0.520. The summed E-state index contributed by atoms with van der Waals surface area (Å²) in [6.45, 7) is 5.20. The van der Waals surface area contributed by atoms with Crippen molar-refractivity contribution in [2.45, 2.75) is 31.8 Å². The topological polar surface area (TPSA) is 52.6 Å². The molecule has 2 amide bonds. The molecule has 0 radical (unpaired) electrons. The molecule has 5 nitrogen and oxygen atoms in total. The zero-order chi connectivity index (χ0) is 13.1. The van der Waals surface area contributed by atoms with E-state index in [1.54, 1.807) is 0 Å². The summed E-state index contributed by atoms with van der Waals surface area (Å²) in [5, 5.41) is 2.84. The summed E-state index contributed by atoms with van der Waals surface area (Å²) in [6.07, 6.45) is 2.00. The van der Waals surface area contributed by atoms with Crippen LogP contribution in [0.2, 0.25) is 0 Å². The van der Waals surface area contributed by atoms with Gasteiger partial charge in [0.15, 0.2) is 0 Å². The average Bonchev–Trinajstić information content (AvgIpc) is 2.34. The van der Waals surface area contributed by atoms with Crippen molar-refractivity contribution >= 4 is 35.8 Å². The van der Waals surface area contributed by atoms with Crippen LogP contribution in [0.15, 0.2) is 0 Å². The summed E-state index contributed by atoms with van der Waals surface area (Å²) in [4.78, 5) is 27.3. The highest BCUT2D eigenvalue weighted by molar-refractivity contribution is 6.27. The predicted molar refractivity (Wildman–Crippen MR) is 76.7 cm³/mol. The lowest BCUT2D eigenvalue weighted by Gasteiger charge is -2.46. The molecule has 0 aliphatic carbocycles. The third kappa shape index (κ3) is 3.74. The standard InChI is InChI=1S/C12H20ClN3O2.ClH/c1-2-15-5-3-4-10(12(15)18)16-7-9(8-16)14-11(17)6-13;/h9-10H,2-8H2,1H3,(H,14,17);1H. The van der Waals surface area contributed by atoms with Crippen molar-refractivity contribution in [3.63, 3.8) is 0 Å². The minimum atomic E-state index is -0.133. The van der Waals surface area contributed by atoms with Gasteiger partial charge in [-0.3, -0.25) is 14.5 Å². The number of piperidine rings is 1. The van der Waals surface area contributed by atoms with Crippen molar-refractivity contribution in [2.24, 2.45) is 0 Å². The second kappa shape index (κ2) is 7.31. The Bertz CT molecular complexity index is 335. The molecule has 2 saturated heterocycles. The summed E-state index contributed by atoms with van der Waals surface area (Å²) in [7, 11) is 0. The lowest BCUT2D eigenvalue weighted by molar-refractivity contribution is -0.142. The minimum Gasteiger partial charge on any atom is -0.350 e. The van der Waals surface area contributed by atoms with Gasteiger partial charge >= 0.3 is 0 Å². The predicted octanol–water partition coefficient (Wildman–Crippen LogP) is 0.458. The largest absolute Gasteiger partial charge is 0.350 e. The van der Waals surface area contributed by atoms with Crippen LogP contribution in [0.25, 0.3) is 0 Å². The van der Waals surface area contributed by atoms with E-state index in [2.05, 4.69) is 10.2 Å². The molecular formula is C12H21Cl2N3O2. The van der Waals surface area contributed by atoms with E-state index in [0.717, 1.165) is 39.0 Å². The van der Waals surface area contributed by atoms with Crippen LogP contribution in [0.3, 0.4) is 0 Å². The fourth-order valence-electron chi connectivity index (χ4n) is 2.70. The van der Waals surface area contributed by atoms with Crippen LogP contribution in [0, 0.1) is 0 Å². The molecule has 19 heavy (non-hydrogen) atoms. The lowest BCUT2D eigenvalue weighted by atomic mass is 9.97. The van der Waals surface area contributed by atoms with Crippen molar-refractivity contribution in [1.82, 2.24) is 15.1 Å². The number of carbonyl (C=O) groups is 2. The summed E-state index contributed by atoms with van der Waals surface area (Å²) in [5.74, 6) is 0.111. The van der Waals surface area contributed by atoms with E-state index in [-0.39, 0.29) is 42.2 Å². The molecular weight excluding hydrogens is 289 g/mol. The first kappa shape index (κ1) is 16.5. The lowest BCUT2D eigenvalue weighted by Crippen LogP contribution is -2.66. The molecule has 2 heterocycles. The molecule has 0 spiro atoms. The van der Waals surface area contributed by atoms with Gasteiger partial charge in [0, 0.05) is 26.2 Å². The number of amides is 2. The van der Waals surface area contributed by atoms with Gasteiger partial charge in [0.25, 0.3) is 0 Å². The highest BCUT2D eigenvalue weighted by Crippen LogP contribution is 2.22. The number of nitrogens with one attached hydrogen (secondary N) is 1. The number of hydrogen-bond donors (Lipinski definition) is 1. The number of nitrogens with zero attached hydrogens (tertiary/aromatic N) is 2. The maximum Gasteiger partial charge on any atom is 0.239 e. The molecule has 1 atom stereocenters. The molecule has 2 rings (SSSR count). The van der Waals surface area contributed by atoms with Crippen LogP contribution in [0.1, 0.15) is 19.8 Å². The molecule has 1 N–H and O–H groups in total. The van der Waals surface area contributed by atoms with Crippen molar-refractivity contribution in [1.29, 1.82) is 0 Å². The molecule has 0 saturated carbocycles. The average molecular weight is 310 g/mol. The van der Waals surface area contributed by atoms with Crippen molar-refractivity contribution < 1.29 is 9.59 Å². The van der Waals surface area contributed by atoms with Gasteiger partial charge in [0.2, 0.25) is 11.8 Å². The van der Waals surface area contributed by atoms with Crippen LogP contribution >= 0.6 is 24.0 Å². The molecule has 7 heteroatoms. The van der Waals surface area contributed by atoms with Gasteiger partial charge in [-0.1, -0.05) is 0 Å². The molecule has 0 bridgehead atoms. The third-order valence-corrected chi connectivity index (χ3v) is 3.96. The molecule has 110 valence electrons. The number of rotatable bonds is 4. The molecule has 0 aromatic rings. The highest BCUT2D eigenvalue weighted by atomic mass is 35.5. The van der Waals surface area contributed by atoms with Gasteiger partial charge in [-0.2, -0.15) is 0 Å². The van der Waals surface area contributed by atoms with Crippen molar-refractivity contribution in [3.05, 3.63) is 0 Å². The van der Waals surface area contributed by atoms with E-state index in [1.165, 1.54) is 0 Å². The number of hydrogen-bond acceptors (Lipinski definition) is 3. The fourth-order valence-corrected chi connectivity index (χ4v) is 2.77. The monoisotopic (exact) mass is 309 g/mol. The third-order valence-electron chi connectivity index (χ3n) is 3.72. The number of likely N-dealkylation sites (N-methyl/N-ethyl adjacent to an activating group) is 1. The second-order valence-electron chi connectivity index (χ2n) is 4.93. The second-order valence-corrected chi connectivity index (χ2v) is 5.20. The van der Waals surface area contributed by atoms with E-state index < -0.39 is 0 Å². The summed E-state index contributed by atoms with van der Waals surface area (Å²) in [5.41, 5.74) is 0. The Morgan fingerprint density at radius 3 is 2.74 bits per heavy atom. The zero-order valence-electron chi connectivity index (χ0n) is 11.1. The molecule has 2 fully saturated rings. The van der Waals surface area contributed by atoms with Crippen LogP contribution in [-0.4, -0.2) is 65.8 Å². The van der Waals surface area contributed by atoms with Gasteiger partial charge in [-0.15, -0.1) is 24.0 Å². The molecule has 0 aromatic carbocycles. The van der Waals surface area contributed by atoms with E-state index in [9.17, 15) is 9.59 Å². The number of alkyl halides is 1. The van der Waals surface area contributed by atoms with Gasteiger partial charge in [0.1, 0.15) is 5.88 Å². The Kier molecular flexibility index (Phi) is 6.36. The fraction of sp³-hybridized carbons (Fsp3) is 0.833. The number of halogens is 2. The normalized spacial score (nSPS) is 24.6. The van der Waals surface area contributed by atoms with Crippen molar-refractivity contribution in [2.75, 3.05) is 32.1 Å². The quantitative estimate of drug-likeness (QED) is 0.768. The Labute approximate surface area is 125 Å².